The molecule has 0 fully saturated rings. The van der Waals surface area contributed by atoms with Gasteiger partial charge in [-0.15, -0.1) is 0 Å². The minimum atomic E-state index is -3.69. The van der Waals surface area contributed by atoms with Gasteiger partial charge in [0.25, 0.3) is 0 Å². The summed E-state index contributed by atoms with van der Waals surface area (Å²) in [4.78, 5) is 0.0621. The maximum absolute atomic E-state index is 11.2. The second-order valence-electron chi connectivity index (χ2n) is 5.05. The minimum absolute atomic E-state index is 0.0621. The molecular formula is C16H18N4O2S2. The van der Waals surface area contributed by atoms with Crippen molar-refractivity contribution in [2.75, 3.05) is 0 Å². The minimum Gasteiger partial charge on any atom is -0.357 e. The molecule has 0 spiro atoms. The van der Waals surface area contributed by atoms with Crippen LogP contribution in [0.15, 0.2) is 64.6 Å². The van der Waals surface area contributed by atoms with Crippen molar-refractivity contribution in [3.63, 3.8) is 0 Å². The lowest BCUT2D eigenvalue weighted by atomic mass is 10.1. The Balaban J connectivity index is 1.92. The van der Waals surface area contributed by atoms with Crippen LogP contribution < -0.4 is 15.9 Å². The third-order valence-corrected chi connectivity index (χ3v) is 4.39. The number of hydrogen-bond donors (Lipinski definition) is 3. The molecule has 126 valence electrons. The first-order valence-electron chi connectivity index (χ1n) is 7.11. The highest BCUT2D eigenvalue weighted by molar-refractivity contribution is 7.89. The summed E-state index contributed by atoms with van der Waals surface area (Å²) in [6.45, 7) is 2.39. The molecule has 2 aromatic carbocycles. The van der Waals surface area contributed by atoms with E-state index < -0.39 is 10.0 Å². The van der Waals surface area contributed by atoms with E-state index >= 15 is 0 Å². The first-order chi connectivity index (χ1) is 11.4. The number of hydrogen-bond acceptors (Lipinski definition) is 4. The molecule has 0 heterocycles. The molecule has 0 amide bonds. The predicted octanol–water partition coefficient (Wildman–Crippen LogP) is 1.72. The monoisotopic (exact) mass is 362 g/mol. The van der Waals surface area contributed by atoms with Crippen LogP contribution in [-0.2, 0) is 16.6 Å². The number of sulfonamides is 1. The average molecular weight is 362 g/mol. The fraction of sp³-hybridized carbons (Fsp3) is 0.125. The van der Waals surface area contributed by atoms with Crippen LogP contribution in [-0.4, -0.2) is 19.2 Å². The number of primary sulfonamides is 1. The Kier molecular flexibility index (Phi) is 6.02. The molecule has 2 aromatic rings. The molecule has 2 rings (SSSR count). The van der Waals surface area contributed by atoms with E-state index in [4.69, 9.17) is 17.4 Å². The van der Waals surface area contributed by atoms with E-state index in [1.54, 1.807) is 19.1 Å². The highest BCUT2D eigenvalue weighted by Gasteiger charge is 2.07. The van der Waals surface area contributed by atoms with Crippen LogP contribution in [0.5, 0.6) is 0 Å². The van der Waals surface area contributed by atoms with Gasteiger partial charge >= 0.3 is 0 Å². The van der Waals surface area contributed by atoms with E-state index in [-0.39, 0.29) is 4.90 Å². The van der Waals surface area contributed by atoms with Gasteiger partial charge in [-0.2, -0.15) is 5.10 Å². The Labute approximate surface area is 146 Å². The lowest BCUT2D eigenvalue weighted by Gasteiger charge is -2.08. The average Bonchev–Trinajstić information content (AvgIpc) is 2.58. The van der Waals surface area contributed by atoms with E-state index in [0.29, 0.717) is 17.4 Å². The van der Waals surface area contributed by atoms with E-state index in [9.17, 15) is 8.42 Å². The van der Waals surface area contributed by atoms with Crippen molar-refractivity contribution in [2.24, 2.45) is 10.2 Å². The van der Waals surface area contributed by atoms with Gasteiger partial charge in [0.15, 0.2) is 5.11 Å². The maximum Gasteiger partial charge on any atom is 0.238 e. The molecule has 0 aliphatic heterocycles. The zero-order valence-corrected chi connectivity index (χ0v) is 14.7. The van der Waals surface area contributed by atoms with Crippen molar-refractivity contribution in [1.29, 1.82) is 0 Å². The molecule has 0 radical (unpaired) electrons. The summed E-state index contributed by atoms with van der Waals surface area (Å²) in [5, 5.41) is 12.7. The molecular weight excluding hydrogens is 344 g/mol. The van der Waals surface area contributed by atoms with Gasteiger partial charge < -0.3 is 5.32 Å². The van der Waals surface area contributed by atoms with Crippen molar-refractivity contribution >= 4 is 33.1 Å². The van der Waals surface area contributed by atoms with Crippen LogP contribution in [0.2, 0.25) is 0 Å². The second kappa shape index (κ2) is 8.00. The number of benzene rings is 2. The Bertz CT molecular complexity index is 832. The van der Waals surface area contributed by atoms with Gasteiger partial charge in [0.2, 0.25) is 10.0 Å². The van der Waals surface area contributed by atoms with Crippen LogP contribution >= 0.6 is 12.2 Å². The van der Waals surface area contributed by atoms with Crippen molar-refractivity contribution < 1.29 is 8.42 Å². The van der Waals surface area contributed by atoms with Crippen LogP contribution in [0.25, 0.3) is 0 Å². The predicted molar refractivity (Wildman–Crippen MR) is 99.0 cm³/mol. The molecule has 0 aliphatic rings. The fourth-order valence-electron chi connectivity index (χ4n) is 1.90. The highest BCUT2D eigenvalue weighted by atomic mass is 32.2. The lowest BCUT2D eigenvalue weighted by molar-refractivity contribution is 0.598. The number of hydrazone groups is 1. The molecule has 4 N–H and O–H groups in total. The largest absolute Gasteiger partial charge is 0.357 e. The third-order valence-electron chi connectivity index (χ3n) is 3.22. The molecule has 0 saturated heterocycles. The van der Waals surface area contributed by atoms with Gasteiger partial charge in [0.1, 0.15) is 0 Å². The van der Waals surface area contributed by atoms with Gasteiger partial charge in [-0.05, 0) is 42.4 Å². The molecule has 24 heavy (non-hydrogen) atoms. The number of thiocarbonyl (C=S) groups is 1. The highest BCUT2D eigenvalue weighted by Crippen LogP contribution is 2.09. The zero-order chi connectivity index (χ0) is 17.6. The first kappa shape index (κ1) is 18.1. The maximum atomic E-state index is 11.2. The molecule has 0 aliphatic carbocycles. The quantitative estimate of drug-likeness (QED) is 0.428. The zero-order valence-electron chi connectivity index (χ0n) is 13.1. The SMILES string of the molecule is C/C(=N\NC(=S)NCc1ccccc1)c1ccc(S(N)(=O)=O)cc1. The van der Waals surface area contributed by atoms with Crippen molar-refractivity contribution in [3.8, 4) is 0 Å². The van der Waals surface area contributed by atoms with Gasteiger partial charge in [0.05, 0.1) is 10.6 Å². The Morgan fingerprint density at radius 2 is 1.75 bits per heavy atom. The van der Waals surface area contributed by atoms with Crippen molar-refractivity contribution in [2.45, 2.75) is 18.4 Å². The summed E-state index contributed by atoms with van der Waals surface area (Å²) in [5.41, 5.74) is 5.30. The summed E-state index contributed by atoms with van der Waals surface area (Å²) in [6.07, 6.45) is 0. The topological polar surface area (TPSA) is 96.6 Å². The summed E-state index contributed by atoms with van der Waals surface area (Å²) >= 11 is 5.17. The molecule has 0 bridgehead atoms. The number of rotatable bonds is 5. The first-order valence-corrected chi connectivity index (χ1v) is 9.07. The normalized spacial score (nSPS) is 11.8. The van der Waals surface area contributed by atoms with E-state index in [1.165, 1.54) is 12.1 Å². The van der Waals surface area contributed by atoms with Crippen LogP contribution in [0.3, 0.4) is 0 Å². The van der Waals surface area contributed by atoms with Gasteiger partial charge in [-0.25, -0.2) is 13.6 Å². The van der Waals surface area contributed by atoms with Crippen molar-refractivity contribution in [1.82, 2.24) is 10.7 Å². The van der Waals surface area contributed by atoms with Gasteiger partial charge in [0, 0.05) is 6.54 Å². The summed E-state index contributed by atoms with van der Waals surface area (Å²) in [5.74, 6) is 0. The summed E-state index contributed by atoms with van der Waals surface area (Å²) in [6, 6.07) is 16.0. The standard InChI is InChI=1S/C16H18N4O2S2/c1-12(14-7-9-15(10-8-14)24(17,21)22)19-20-16(23)18-11-13-5-3-2-4-6-13/h2-10H,11H2,1H3,(H2,17,21,22)(H2,18,20,23)/b19-12+. The number of nitrogens with zero attached hydrogens (tertiary/aromatic N) is 1. The van der Waals surface area contributed by atoms with Crippen molar-refractivity contribution in [3.05, 3.63) is 65.7 Å². The third kappa shape index (κ3) is 5.41. The summed E-state index contributed by atoms with van der Waals surface area (Å²) < 4.78 is 22.5. The Hall–Kier alpha value is -2.29. The van der Waals surface area contributed by atoms with E-state index in [0.717, 1.165) is 11.1 Å². The van der Waals surface area contributed by atoms with Gasteiger partial charge in [-0.3, -0.25) is 5.43 Å². The molecule has 0 atom stereocenters. The van der Waals surface area contributed by atoms with E-state index in [2.05, 4.69) is 15.8 Å². The summed E-state index contributed by atoms with van der Waals surface area (Å²) in [7, 11) is -3.69. The van der Waals surface area contributed by atoms with E-state index in [1.807, 2.05) is 30.3 Å². The molecule has 0 saturated carbocycles. The smallest absolute Gasteiger partial charge is 0.238 e. The molecule has 0 unspecified atom stereocenters. The van der Waals surface area contributed by atoms with Gasteiger partial charge in [-0.1, -0.05) is 42.5 Å². The van der Waals surface area contributed by atoms with Crippen LogP contribution in [0.4, 0.5) is 0 Å². The molecule has 0 aromatic heterocycles. The Morgan fingerprint density at radius 1 is 1.12 bits per heavy atom. The lowest BCUT2D eigenvalue weighted by Crippen LogP contribution is -2.32. The Morgan fingerprint density at radius 3 is 2.33 bits per heavy atom. The number of nitrogens with two attached hydrogens (primary N) is 1. The van der Waals surface area contributed by atoms with Crippen LogP contribution in [0, 0.1) is 0 Å². The molecule has 8 heteroatoms. The second-order valence-corrected chi connectivity index (χ2v) is 7.02. The number of nitrogens with one attached hydrogen (secondary N) is 2. The van der Waals surface area contributed by atoms with Crippen LogP contribution in [0.1, 0.15) is 18.1 Å². The molecule has 6 nitrogen and oxygen atoms in total. The fourth-order valence-corrected chi connectivity index (χ4v) is 2.54.